The summed E-state index contributed by atoms with van der Waals surface area (Å²) >= 11 is 0. The maximum atomic E-state index is 13.4. The molecule has 5 rings (SSSR count). The molecule has 7 atom stereocenters. The average Bonchev–Trinajstić information content (AvgIpc) is 3.06. The number of hydrogen-bond donors (Lipinski definition) is 0. The summed E-state index contributed by atoms with van der Waals surface area (Å²) in [6.07, 6.45) is 8.62. The molecule has 0 aromatic heterocycles. The van der Waals surface area contributed by atoms with Gasteiger partial charge in [-0.3, -0.25) is 4.79 Å². The van der Waals surface area contributed by atoms with Crippen LogP contribution >= 0.6 is 0 Å². The van der Waals surface area contributed by atoms with Crippen LogP contribution in [0.1, 0.15) is 53.4 Å². The Bertz CT molecular complexity index is 614. The van der Waals surface area contributed by atoms with Gasteiger partial charge in [0.2, 0.25) is 5.91 Å². The van der Waals surface area contributed by atoms with E-state index >= 15 is 0 Å². The number of fused-ring (bicyclic) bond motifs is 3. The lowest BCUT2D eigenvalue weighted by Crippen LogP contribution is -2.66. The molecular weight excluding hydrogens is 290 g/mol. The lowest BCUT2D eigenvalue weighted by molar-refractivity contribution is -0.253. The maximum absolute atomic E-state index is 13.4. The van der Waals surface area contributed by atoms with Crippen molar-refractivity contribution in [2.45, 2.75) is 83.0 Å². The first-order chi connectivity index (χ1) is 10.8. The summed E-state index contributed by atoms with van der Waals surface area (Å²) < 4.78 is 12.9. The Labute approximate surface area is 138 Å². The summed E-state index contributed by atoms with van der Waals surface area (Å²) in [7, 11) is 0. The van der Waals surface area contributed by atoms with Gasteiger partial charge in [0.1, 0.15) is 5.60 Å². The van der Waals surface area contributed by atoms with E-state index in [1.165, 1.54) is 6.42 Å². The zero-order valence-corrected chi connectivity index (χ0v) is 14.5. The molecule has 0 aromatic rings. The van der Waals surface area contributed by atoms with Crippen LogP contribution in [0.25, 0.3) is 0 Å². The van der Waals surface area contributed by atoms with Gasteiger partial charge >= 0.3 is 0 Å². The Balaban J connectivity index is 1.62. The monoisotopic (exact) mass is 317 g/mol. The topological polar surface area (TPSA) is 38.8 Å². The molecule has 2 bridgehead atoms. The smallest absolute Gasteiger partial charge is 0.234 e. The Morgan fingerprint density at radius 3 is 2.78 bits per heavy atom. The van der Waals surface area contributed by atoms with Crippen LogP contribution in [0.5, 0.6) is 0 Å². The summed E-state index contributed by atoms with van der Waals surface area (Å²) in [6.45, 7) is 8.89. The van der Waals surface area contributed by atoms with Crippen molar-refractivity contribution in [3.8, 4) is 0 Å². The molecule has 0 radical (unpaired) electrons. The summed E-state index contributed by atoms with van der Waals surface area (Å²) in [5.41, 5.74) is -1.20. The predicted molar refractivity (Wildman–Crippen MR) is 85.6 cm³/mol. The normalized spacial score (nSPS) is 55.7. The summed E-state index contributed by atoms with van der Waals surface area (Å²) in [6, 6.07) is 0. The Morgan fingerprint density at radius 1 is 1.26 bits per heavy atom. The SMILES string of the molecule is C[C@@H]1CC[C@@H]2[C@@H](C1)O[C@@H]1N(C(=O)[C@@]3(C)C[C@H]4C=C[C@]13O4)C2(C)C. The molecular formula is C19H27NO3. The summed E-state index contributed by atoms with van der Waals surface area (Å²) in [5.74, 6) is 1.37. The van der Waals surface area contributed by atoms with Crippen LogP contribution in [0.15, 0.2) is 12.2 Å². The van der Waals surface area contributed by atoms with Gasteiger partial charge in [-0.1, -0.05) is 19.4 Å². The van der Waals surface area contributed by atoms with Crippen molar-refractivity contribution in [2.75, 3.05) is 0 Å². The lowest BCUT2D eigenvalue weighted by atomic mass is 9.69. The second-order valence-electron chi connectivity index (χ2n) is 9.23. The van der Waals surface area contributed by atoms with Crippen molar-refractivity contribution in [2.24, 2.45) is 17.3 Å². The number of nitrogens with zero attached hydrogens (tertiary/aromatic N) is 1. The second-order valence-corrected chi connectivity index (χ2v) is 9.23. The minimum Gasteiger partial charge on any atom is -0.358 e. The van der Waals surface area contributed by atoms with E-state index < -0.39 is 11.0 Å². The van der Waals surface area contributed by atoms with Crippen LogP contribution < -0.4 is 0 Å². The molecule has 4 fully saturated rings. The summed E-state index contributed by atoms with van der Waals surface area (Å²) in [5, 5.41) is 0. The molecule has 3 saturated heterocycles. The van der Waals surface area contributed by atoms with Crippen LogP contribution in [0.2, 0.25) is 0 Å². The van der Waals surface area contributed by atoms with Crippen LogP contribution in [0, 0.1) is 17.3 Å². The van der Waals surface area contributed by atoms with E-state index in [2.05, 4.69) is 44.7 Å². The van der Waals surface area contributed by atoms with Gasteiger partial charge in [0.25, 0.3) is 0 Å². The molecule has 126 valence electrons. The van der Waals surface area contributed by atoms with Crippen LogP contribution in [0.4, 0.5) is 0 Å². The van der Waals surface area contributed by atoms with Crippen LogP contribution in [-0.4, -0.2) is 40.4 Å². The third-order valence-electron chi connectivity index (χ3n) is 7.55. The third kappa shape index (κ3) is 1.45. The Kier molecular flexibility index (Phi) is 2.53. The van der Waals surface area contributed by atoms with Crippen molar-refractivity contribution in [1.29, 1.82) is 0 Å². The van der Waals surface area contributed by atoms with E-state index in [4.69, 9.17) is 9.47 Å². The molecule has 5 aliphatic rings. The first kappa shape index (κ1) is 14.5. The lowest BCUT2D eigenvalue weighted by Gasteiger charge is -2.56. The van der Waals surface area contributed by atoms with Gasteiger partial charge in [-0.05, 0) is 52.0 Å². The van der Waals surface area contributed by atoms with Crippen molar-refractivity contribution in [1.82, 2.24) is 4.90 Å². The van der Waals surface area contributed by atoms with E-state index in [1.807, 2.05) is 0 Å². The molecule has 1 aliphatic carbocycles. The highest BCUT2D eigenvalue weighted by Crippen LogP contribution is 2.64. The van der Waals surface area contributed by atoms with Crippen LogP contribution in [0.3, 0.4) is 0 Å². The molecule has 0 N–H and O–H groups in total. The highest BCUT2D eigenvalue weighted by molar-refractivity contribution is 5.90. The zero-order chi connectivity index (χ0) is 16.2. The quantitative estimate of drug-likeness (QED) is 0.645. The van der Waals surface area contributed by atoms with Crippen molar-refractivity contribution >= 4 is 5.91 Å². The van der Waals surface area contributed by atoms with Crippen molar-refractivity contribution in [3.05, 3.63) is 12.2 Å². The molecule has 4 heteroatoms. The molecule has 0 unspecified atom stereocenters. The number of carbonyl (C=O) groups excluding carboxylic acids is 1. The van der Waals surface area contributed by atoms with E-state index in [-0.39, 0.29) is 29.9 Å². The molecule has 1 spiro atoms. The van der Waals surface area contributed by atoms with Crippen molar-refractivity contribution < 1.29 is 14.3 Å². The Hall–Kier alpha value is -0.870. The van der Waals surface area contributed by atoms with E-state index in [0.29, 0.717) is 11.8 Å². The standard InChI is InChI=1S/C19H27NO3/c1-11-5-6-13-14(9-11)22-16-19-8-7-12(23-19)10-18(19,4)15(21)20(16)17(13,2)3/h7-8,11-14,16H,5-6,9-10H2,1-4H3/t11-,12-,13-,14-,16+,18-,19+/m1/s1. The molecule has 4 heterocycles. The predicted octanol–water partition coefficient (Wildman–Crippen LogP) is 2.87. The van der Waals surface area contributed by atoms with Gasteiger partial charge < -0.3 is 14.4 Å². The number of hydrogen-bond acceptors (Lipinski definition) is 3. The van der Waals surface area contributed by atoms with Gasteiger partial charge in [-0.15, -0.1) is 0 Å². The van der Waals surface area contributed by atoms with Gasteiger partial charge in [-0.2, -0.15) is 0 Å². The first-order valence-corrected chi connectivity index (χ1v) is 9.16. The van der Waals surface area contributed by atoms with E-state index in [9.17, 15) is 4.79 Å². The highest BCUT2D eigenvalue weighted by Gasteiger charge is 2.77. The van der Waals surface area contributed by atoms with Gasteiger partial charge in [0.05, 0.1) is 17.6 Å². The minimum atomic E-state index is -0.572. The first-order valence-electron chi connectivity index (χ1n) is 9.16. The van der Waals surface area contributed by atoms with Gasteiger partial charge in [0, 0.05) is 11.5 Å². The molecule has 1 saturated carbocycles. The number of ether oxygens (including phenoxy) is 2. The molecule has 4 aliphatic heterocycles. The van der Waals surface area contributed by atoms with Crippen LogP contribution in [-0.2, 0) is 14.3 Å². The number of rotatable bonds is 0. The fourth-order valence-electron chi connectivity index (χ4n) is 6.15. The molecule has 1 amide bonds. The largest absolute Gasteiger partial charge is 0.358 e. The van der Waals surface area contributed by atoms with Gasteiger partial charge in [-0.25, -0.2) is 0 Å². The second kappa shape index (κ2) is 4.02. The maximum Gasteiger partial charge on any atom is 0.234 e. The molecule has 4 nitrogen and oxygen atoms in total. The minimum absolute atomic E-state index is 0.0841. The van der Waals surface area contributed by atoms with E-state index in [1.54, 1.807) is 0 Å². The fraction of sp³-hybridized carbons (Fsp3) is 0.842. The zero-order valence-electron chi connectivity index (χ0n) is 14.5. The van der Waals surface area contributed by atoms with Gasteiger partial charge in [0.15, 0.2) is 6.23 Å². The average molecular weight is 317 g/mol. The van der Waals surface area contributed by atoms with E-state index in [0.717, 1.165) is 19.3 Å². The number of carbonyl (C=O) groups is 1. The fourth-order valence-corrected chi connectivity index (χ4v) is 6.15. The molecule has 23 heavy (non-hydrogen) atoms. The summed E-state index contributed by atoms with van der Waals surface area (Å²) in [4.78, 5) is 15.5. The Morgan fingerprint density at radius 2 is 2.04 bits per heavy atom. The highest BCUT2D eigenvalue weighted by atomic mass is 16.6. The molecule has 0 aromatic carbocycles. The number of amides is 1. The van der Waals surface area contributed by atoms with Crippen molar-refractivity contribution in [3.63, 3.8) is 0 Å². The third-order valence-corrected chi connectivity index (χ3v) is 7.55.